The molecule has 0 saturated heterocycles. The number of benzene rings is 1. The fraction of sp³-hybridized carbons (Fsp3) is 0.333. The van der Waals surface area contributed by atoms with Gasteiger partial charge in [-0.15, -0.1) is 0 Å². The van der Waals surface area contributed by atoms with Crippen molar-refractivity contribution in [1.82, 2.24) is 0 Å². The van der Waals surface area contributed by atoms with E-state index in [9.17, 15) is 8.78 Å². The van der Waals surface area contributed by atoms with E-state index in [1.165, 1.54) is 0 Å². The van der Waals surface area contributed by atoms with Gasteiger partial charge in [-0.3, -0.25) is 0 Å². The number of aliphatic hydroxyl groups is 1. The molecule has 0 aliphatic heterocycles. The Morgan fingerprint density at radius 2 is 1.92 bits per heavy atom. The van der Waals surface area contributed by atoms with Crippen LogP contribution in [0, 0.1) is 11.6 Å². The summed E-state index contributed by atoms with van der Waals surface area (Å²) in [5.74, 6) is -1.16. The van der Waals surface area contributed by atoms with E-state index in [-0.39, 0.29) is 17.2 Å². The number of halogens is 3. The van der Waals surface area contributed by atoms with E-state index in [1.807, 2.05) is 0 Å². The van der Waals surface area contributed by atoms with E-state index in [2.05, 4.69) is 0 Å². The Kier molecular flexibility index (Phi) is 3.63. The molecular formula is C9H9ClF2O. The first-order chi connectivity index (χ1) is 6.15. The van der Waals surface area contributed by atoms with Gasteiger partial charge in [0.15, 0.2) is 0 Å². The Bertz CT molecular complexity index is 302. The molecule has 0 fully saturated rings. The Hall–Kier alpha value is -0.670. The molecule has 0 radical (unpaired) electrons. The molecule has 0 saturated carbocycles. The molecular weight excluding hydrogens is 198 g/mol. The minimum absolute atomic E-state index is 0.0380. The quantitative estimate of drug-likeness (QED) is 0.754. The number of aliphatic hydroxyl groups excluding tert-OH is 1. The zero-order valence-corrected chi connectivity index (χ0v) is 7.61. The third kappa shape index (κ3) is 2.64. The molecule has 1 aromatic rings. The van der Waals surface area contributed by atoms with Crippen LogP contribution in [0.25, 0.3) is 0 Å². The third-order valence-electron chi connectivity index (χ3n) is 1.69. The van der Waals surface area contributed by atoms with E-state index < -0.39 is 11.6 Å². The van der Waals surface area contributed by atoms with Gasteiger partial charge in [0.1, 0.15) is 11.6 Å². The maximum atomic E-state index is 13.0. The van der Waals surface area contributed by atoms with Crippen molar-refractivity contribution < 1.29 is 13.9 Å². The van der Waals surface area contributed by atoms with Gasteiger partial charge in [-0.2, -0.15) is 0 Å². The highest BCUT2D eigenvalue weighted by molar-refractivity contribution is 6.30. The van der Waals surface area contributed by atoms with Crippen molar-refractivity contribution in [2.45, 2.75) is 12.8 Å². The monoisotopic (exact) mass is 206 g/mol. The molecule has 0 bridgehead atoms. The lowest BCUT2D eigenvalue weighted by Crippen LogP contribution is -1.95. The summed E-state index contributed by atoms with van der Waals surface area (Å²) in [6, 6.07) is 2.01. The molecule has 1 aromatic carbocycles. The van der Waals surface area contributed by atoms with Crippen LogP contribution in [0.1, 0.15) is 12.0 Å². The maximum absolute atomic E-state index is 13.0. The van der Waals surface area contributed by atoms with Crippen molar-refractivity contribution in [3.8, 4) is 0 Å². The van der Waals surface area contributed by atoms with E-state index in [1.54, 1.807) is 0 Å². The first-order valence-electron chi connectivity index (χ1n) is 3.89. The summed E-state index contributed by atoms with van der Waals surface area (Å²) in [6.07, 6.45) is 0.731. The van der Waals surface area contributed by atoms with Crippen molar-refractivity contribution in [3.63, 3.8) is 0 Å². The molecule has 0 heterocycles. The smallest absolute Gasteiger partial charge is 0.142 e. The van der Waals surface area contributed by atoms with Crippen molar-refractivity contribution >= 4 is 11.6 Å². The molecule has 1 N–H and O–H groups in total. The average molecular weight is 207 g/mol. The van der Waals surface area contributed by atoms with Crippen LogP contribution >= 0.6 is 11.6 Å². The Balaban J connectivity index is 2.88. The summed E-state index contributed by atoms with van der Waals surface area (Å²) in [6.45, 7) is -0.0380. The van der Waals surface area contributed by atoms with Crippen molar-refractivity contribution in [2.24, 2.45) is 0 Å². The molecule has 0 amide bonds. The third-order valence-corrected chi connectivity index (χ3v) is 1.98. The fourth-order valence-corrected chi connectivity index (χ4v) is 1.18. The first kappa shape index (κ1) is 10.4. The van der Waals surface area contributed by atoms with Gasteiger partial charge >= 0.3 is 0 Å². The van der Waals surface area contributed by atoms with Crippen molar-refractivity contribution in [3.05, 3.63) is 34.4 Å². The topological polar surface area (TPSA) is 20.2 Å². The highest BCUT2D eigenvalue weighted by Crippen LogP contribution is 2.20. The van der Waals surface area contributed by atoms with Gasteiger partial charge < -0.3 is 5.11 Å². The summed E-state index contributed by atoms with van der Waals surface area (Å²) in [5.41, 5.74) is 0.246. The van der Waals surface area contributed by atoms with E-state index in [4.69, 9.17) is 16.7 Å². The first-order valence-corrected chi connectivity index (χ1v) is 4.27. The average Bonchev–Trinajstić information content (AvgIpc) is 2.09. The van der Waals surface area contributed by atoms with Crippen LogP contribution in [0.15, 0.2) is 12.1 Å². The summed E-state index contributed by atoms with van der Waals surface area (Å²) in [5, 5.41) is 8.28. The highest BCUT2D eigenvalue weighted by atomic mass is 35.5. The fourth-order valence-electron chi connectivity index (χ4n) is 1.02. The van der Waals surface area contributed by atoms with Gasteiger partial charge in [0, 0.05) is 6.61 Å². The van der Waals surface area contributed by atoms with E-state index >= 15 is 0 Å². The van der Waals surface area contributed by atoms with Crippen LogP contribution in [0.5, 0.6) is 0 Å². The number of hydrogen-bond donors (Lipinski definition) is 1. The van der Waals surface area contributed by atoms with Crippen molar-refractivity contribution in [1.29, 1.82) is 0 Å². The molecule has 0 spiro atoms. The second kappa shape index (κ2) is 4.53. The molecule has 0 aliphatic carbocycles. The Labute approximate surface area is 80.0 Å². The molecule has 1 rings (SSSR count). The van der Waals surface area contributed by atoms with Gasteiger partial charge in [-0.1, -0.05) is 11.6 Å². The molecule has 4 heteroatoms. The largest absolute Gasteiger partial charge is 0.396 e. The van der Waals surface area contributed by atoms with E-state index in [0.717, 1.165) is 12.1 Å². The van der Waals surface area contributed by atoms with Crippen LogP contribution < -0.4 is 0 Å². The Morgan fingerprint density at radius 3 is 2.54 bits per heavy atom. The minimum Gasteiger partial charge on any atom is -0.396 e. The van der Waals surface area contributed by atoms with Crippen molar-refractivity contribution in [2.75, 3.05) is 6.61 Å². The summed E-state index contributed by atoms with van der Waals surface area (Å²) < 4.78 is 25.8. The van der Waals surface area contributed by atoms with Gasteiger partial charge in [-0.25, -0.2) is 8.78 Å². The van der Waals surface area contributed by atoms with Crippen LogP contribution in [0.4, 0.5) is 8.78 Å². The van der Waals surface area contributed by atoms with E-state index in [0.29, 0.717) is 12.8 Å². The van der Waals surface area contributed by atoms with Crippen LogP contribution in [0.3, 0.4) is 0 Å². The second-order valence-corrected chi connectivity index (χ2v) is 3.09. The van der Waals surface area contributed by atoms with Crippen LogP contribution in [-0.2, 0) is 6.42 Å². The molecule has 13 heavy (non-hydrogen) atoms. The van der Waals surface area contributed by atoms with Crippen LogP contribution in [-0.4, -0.2) is 11.7 Å². The lowest BCUT2D eigenvalue weighted by Gasteiger charge is -2.02. The lowest BCUT2D eigenvalue weighted by atomic mass is 10.1. The van der Waals surface area contributed by atoms with Crippen LogP contribution in [0.2, 0.25) is 5.02 Å². The summed E-state index contributed by atoms with van der Waals surface area (Å²) in [7, 11) is 0. The maximum Gasteiger partial charge on any atom is 0.142 e. The number of rotatable bonds is 3. The predicted octanol–water partition coefficient (Wildman–Crippen LogP) is 2.54. The summed E-state index contributed by atoms with van der Waals surface area (Å²) in [4.78, 5) is 0. The number of hydrogen-bond acceptors (Lipinski definition) is 1. The normalized spacial score (nSPS) is 10.5. The predicted molar refractivity (Wildman–Crippen MR) is 46.8 cm³/mol. The molecule has 1 nitrogen and oxygen atoms in total. The molecule has 0 atom stereocenters. The van der Waals surface area contributed by atoms with Gasteiger partial charge in [-0.05, 0) is 30.5 Å². The van der Waals surface area contributed by atoms with Gasteiger partial charge in [0.05, 0.1) is 5.02 Å². The second-order valence-electron chi connectivity index (χ2n) is 2.68. The Morgan fingerprint density at radius 1 is 1.23 bits per heavy atom. The standard InChI is InChI=1S/C9H9ClF2O/c10-7-5-8(11)6(2-1-3-13)4-9(7)12/h4-5,13H,1-3H2. The number of aryl methyl sites for hydroxylation is 1. The molecule has 0 aromatic heterocycles. The molecule has 0 aliphatic rings. The highest BCUT2D eigenvalue weighted by Gasteiger charge is 2.07. The van der Waals surface area contributed by atoms with Gasteiger partial charge in [0.25, 0.3) is 0 Å². The molecule has 0 unspecified atom stereocenters. The SMILES string of the molecule is OCCCc1cc(F)c(Cl)cc1F. The van der Waals surface area contributed by atoms with Gasteiger partial charge in [0.2, 0.25) is 0 Å². The molecule has 72 valence electrons. The minimum atomic E-state index is -0.629. The summed E-state index contributed by atoms with van der Waals surface area (Å²) >= 11 is 5.36. The zero-order valence-electron chi connectivity index (χ0n) is 6.86. The lowest BCUT2D eigenvalue weighted by molar-refractivity contribution is 0.288. The zero-order chi connectivity index (χ0) is 9.84.